The zero-order valence-electron chi connectivity index (χ0n) is 12.0. The van der Waals surface area contributed by atoms with Gasteiger partial charge in [0.15, 0.2) is 9.84 Å². The van der Waals surface area contributed by atoms with Crippen molar-refractivity contribution in [1.29, 1.82) is 0 Å². The van der Waals surface area contributed by atoms with Crippen LogP contribution in [0.15, 0.2) is 59.5 Å². The Labute approximate surface area is 129 Å². The summed E-state index contributed by atoms with van der Waals surface area (Å²) in [6, 6.07) is 15.5. The molecule has 0 saturated heterocycles. The van der Waals surface area contributed by atoms with Crippen LogP contribution < -0.4 is 4.74 Å². The fourth-order valence-electron chi connectivity index (χ4n) is 2.87. The fraction of sp³-hybridized carbons (Fsp3) is 0.235. The largest absolute Gasteiger partial charge is 0.497 e. The van der Waals surface area contributed by atoms with Gasteiger partial charge >= 0.3 is 0 Å². The van der Waals surface area contributed by atoms with E-state index in [4.69, 9.17) is 4.74 Å². The van der Waals surface area contributed by atoms with Crippen molar-refractivity contribution in [1.82, 2.24) is 0 Å². The average molecular weight is 316 g/mol. The van der Waals surface area contributed by atoms with Crippen molar-refractivity contribution in [3.63, 3.8) is 0 Å². The van der Waals surface area contributed by atoms with Crippen molar-refractivity contribution in [2.75, 3.05) is 7.11 Å². The first kappa shape index (κ1) is 14.8. The summed E-state index contributed by atoms with van der Waals surface area (Å²) in [5.74, 6) is -0.0678. The monoisotopic (exact) mass is 316 g/mol. The summed E-state index contributed by atoms with van der Waals surface area (Å²) in [6.07, 6.45) is 0.750. The van der Waals surface area contributed by atoms with Crippen LogP contribution in [-0.4, -0.2) is 27.1 Å². The zero-order chi connectivity index (χ0) is 15.7. The number of carbonyl (C=O) groups excluding carboxylic acids is 1. The average Bonchev–Trinajstić information content (AvgIpc) is 3.31. The lowest BCUT2D eigenvalue weighted by molar-refractivity contribution is -0.108. The Kier molecular flexibility index (Phi) is 3.74. The van der Waals surface area contributed by atoms with Gasteiger partial charge in [0.05, 0.1) is 17.3 Å². The van der Waals surface area contributed by atoms with Gasteiger partial charge < -0.3 is 9.53 Å². The Bertz CT molecular complexity index is 766. The molecule has 0 aliphatic heterocycles. The lowest BCUT2D eigenvalue weighted by Gasteiger charge is -2.05. The smallest absolute Gasteiger partial charge is 0.182 e. The molecule has 3 rings (SSSR count). The summed E-state index contributed by atoms with van der Waals surface area (Å²) in [6.45, 7) is 0. The summed E-state index contributed by atoms with van der Waals surface area (Å²) in [5.41, 5.74) is 0.849. The predicted octanol–water partition coefficient (Wildman–Crippen LogP) is 2.45. The highest BCUT2D eigenvalue weighted by atomic mass is 32.2. The Morgan fingerprint density at radius 1 is 1.00 bits per heavy atom. The Morgan fingerprint density at radius 2 is 1.64 bits per heavy atom. The highest BCUT2D eigenvalue weighted by molar-refractivity contribution is 7.92. The minimum atomic E-state index is -3.50. The van der Waals surface area contributed by atoms with E-state index in [1.807, 2.05) is 12.1 Å². The van der Waals surface area contributed by atoms with Gasteiger partial charge in [-0.15, -0.1) is 0 Å². The first-order chi connectivity index (χ1) is 10.6. The van der Waals surface area contributed by atoms with E-state index in [0.717, 1.165) is 11.8 Å². The second-order valence-corrected chi connectivity index (χ2v) is 7.44. The molecule has 114 valence electrons. The molecule has 0 radical (unpaired) electrons. The minimum Gasteiger partial charge on any atom is -0.497 e. The van der Waals surface area contributed by atoms with Crippen LogP contribution >= 0.6 is 0 Å². The third kappa shape index (κ3) is 2.41. The SMILES string of the molecule is COc1ccc([C@H]2[C@H](C=O)[C@@H]2S(=O)(=O)c2ccccc2)cc1. The highest BCUT2D eigenvalue weighted by Crippen LogP contribution is 2.52. The van der Waals surface area contributed by atoms with Gasteiger partial charge in [0.25, 0.3) is 0 Å². The van der Waals surface area contributed by atoms with Gasteiger partial charge in [0.1, 0.15) is 12.0 Å². The van der Waals surface area contributed by atoms with Gasteiger partial charge in [-0.3, -0.25) is 0 Å². The standard InChI is InChI=1S/C17H16O4S/c1-21-13-9-7-12(8-10-13)16-15(11-18)17(16)22(19,20)14-5-3-2-4-6-14/h2-11,15-17H,1H3/t15-,16-,17-/m0/s1. The maximum atomic E-state index is 12.7. The van der Waals surface area contributed by atoms with Crippen LogP contribution in [0.3, 0.4) is 0 Å². The molecule has 5 heteroatoms. The number of methoxy groups -OCH3 is 1. The summed E-state index contributed by atoms with van der Waals surface area (Å²) in [5, 5.41) is -0.680. The van der Waals surface area contributed by atoms with Crippen LogP contribution in [0, 0.1) is 5.92 Å². The molecule has 0 bridgehead atoms. The van der Waals surface area contributed by atoms with E-state index in [1.54, 1.807) is 49.6 Å². The van der Waals surface area contributed by atoms with Crippen molar-refractivity contribution in [3.05, 3.63) is 60.2 Å². The van der Waals surface area contributed by atoms with E-state index in [-0.39, 0.29) is 10.8 Å². The second kappa shape index (κ2) is 5.57. The van der Waals surface area contributed by atoms with Crippen molar-refractivity contribution < 1.29 is 17.9 Å². The Hall–Kier alpha value is -2.14. The fourth-order valence-corrected chi connectivity index (χ4v) is 5.00. The normalized spacial score (nSPS) is 23.8. The number of carbonyl (C=O) groups is 1. The van der Waals surface area contributed by atoms with Crippen molar-refractivity contribution in [2.24, 2.45) is 5.92 Å². The summed E-state index contributed by atoms with van der Waals surface area (Å²) in [4.78, 5) is 11.5. The first-order valence-corrected chi connectivity index (χ1v) is 8.52. The number of ether oxygens (including phenoxy) is 1. The first-order valence-electron chi connectivity index (χ1n) is 6.98. The number of benzene rings is 2. The molecule has 22 heavy (non-hydrogen) atoms. The molecule has 1 fully saturated rings. The van der Waals surface area contributed by atoms with Crippen LogP contribution in [-0.2, 0) is 14.6 Å². The molecule has 0 N–H and O–H groups in total. The number of hydrogen-bond donors (Lipinski definition) is 0. The molecule has 0 aromatic heterocycles. The molecule has 1 saturated carbocycles. The van der Waals surface area contributed by atoms with Gasteiger partial charge in [-0.05, 0) is 29.8 Å². The zero-order valence-corrected chi connectivity index (χ0v) is 12.9. The molecular formula is C17H16O4S. The molecule has 1 aliphatic rings. The maximum Gasteiger partial charge on any atom is 0.182 e. The van der Waals surface area contributed by atoms with Gasteiger partial charge in [-0.25, -0.2) is 8.42 Å². The third-order valence-corrected chi connectivity index (χ3v) is 6.35. The molecule has 3 atom stereocenters. The molecule has 0 unspecified atom stereocenters. The van der Waals surface area contributed by atoms with E-state index in [9.17, 15) is 13.2 Å². The van der Waals surface area contributed by atoms with Gasteiger partial charge in [0.2, 0.25) is 0 Å². The number of sulfone groups is 1. The summed E-state index contributed by atoms with van der Waals surface area (Å²) in [7, 11) is -1.93. The van der Waals surface area contributed by atoms with E-state index < -0.39 is 21.0 Å². The summed E-state index contributed by atoms with van der Waals surface area (Å²) < 4.78 is 30.5. The van der Waals surface area contributed by atoms with E-state index >= 15 is 0 Å². The van der Waals surface area contributed by atoms with Gasteiger partial charge in [-0.1, -0.05) is 30.3 Å². The van der Waals surface area contributed by atoms with E-state index in [0.29, 0.717) is 5.75 Å². The lowest BCUT2D eigenvalue weighted by Crippen LogP contribution is -2.10. The van der Waals surface area contributed by atoms with Crippen molar-refractivity contribution >= 4 is 16.1 Å². The molecular weight excluding hydrogens is 300 g/mol. The molecule has 0 spiro atoms. The molecule has 2 aromatic rings. The van der Waals surface area contributed by atoms with E-state index in [2.05, 4.69) is 0 Å². The quantitative estimate of drug-likeness (QED) is 0.795. The molecule has 1 aliphatic carbocycles. The lowest BCUT2D eigenvalue weighted by atomic mass is 10.1. The van der Waals surface area contributed by atoms with Crippen LogP contribution in [0.5, 0.6) is 5.75 Å². The highest BCUT2D eigenvalue weighted by Gasteiger charge is 2.58. The third-order valence-electron chi connectivity index (χ3n) is 4.09. The second-order valence-electron chi connectivity index (χ2n) is 5.34. The Morgan fingerprint density at radius 3 is 2.18 bits per heavy atom. The van der Waals surface area contributed by atoms with Crippen LogP contribution in [0.4, 0.5) is 0 Å². The van der Waals surface area contributed by atoms with Crippen molar-refractivity contribution in [2.45, 2.75) is 16.1 Å². The van der Waals surface area contributed by atoms with Crippen molar-refractivity contribution in [3.8, 4) is 5.75 Å². The number of hydrogen-bond acceptors (Lipinski definition) is 4. The van der Waals surface area contributed by atoms with E-state index in [1.165, 1.54) is 0 Å². The van der Waals surface area contributed by atoms with Crippen LogP contribution in [0.1, 0.15) is 11.5 Å². The number of rotatable bonds is 5. The van der Waals surface area contributed by atoms with Crippen LogP contribution in [0.25, 0.3) is 0 Å². The molecule has 4 nitrogen and oxygen atoms in total. The minimum absolute atomic E-state index is 0.267. The Balaban J connectivity index is 1.93. The topological polar surface area (TPSA) is 60.4 Å². The maximum absolute atomic E-state index is 12.7. The molecule has 0 heterocycles. The van der Waals surface area contributed by atoms with Gasteiger partial charge in [0, 0.05) is 11.8 Å². The summed E-state index contributed by atoms with van der Waals surface area (Å²) >= 11 is 0. The molecule has 0 amide bonds. The van der Waals surface area contributed by atoms with Crippen LogP contribution in [0.2, 0.25) is 0 Å². The molecule has 2 aromatic carbocycles. The predicted molar refractivity (Wildman–Crippen MR) is 82.7 cm³/mol. The number of aldehydes is 1. The van der Waals surface area contributed by atoms with Gasteiger partial charge in [-0.2, -0.15) is 0 Å².